The molecule has 0 radical (unpaired) electrons. The number of aryl methyl sites for hydroxylation is 1. The molecule has 1 fully saturated rings. The summed E-state index contributed by atoms with van der Waals surface area (Å²) in [6.07, 6.45) is 1.12. The molecule has 3 aromatic carbocycles. The van der Waals surface area contributed by atoms with Crippen molar-refractivity contribution in [1.82, 2.24) is 9.80 Å². The lowest BCUT2D eigenvalue weighted by Crippen LogP contribution is -2.47. The summed E-state index contributed by atoms with van der Waals surface area (Å²) in [5.41, 5.74) is 0.800. The number of carbonyl (C=O) groups is 2. The first-order valence-corrected chi connectivity index (χ1v) is 13.0. The molecular formula is C30H31ClF2N2O3. The Kier molecular flexibility index (Phi) is 8.67. The maximum absolute atomic E-state index is 14.3. The van der Waals surface area contributed by atoms with E-state index in [4.69, 9.17) is 16.3 Å². The van der Waals surface area contributed by atoms with Crippen molar-refractivity contribution in [3.8, 4) is 5.75 Å². The molecular weight excluding hydrogens is 510 g/mol. The molecule has 0 unspecified atom stereocenters. The third-order valence-electron chi connectivity index (χ3n) is 7.18. The second-order valence-electron chi connectivity index (χ2n) is 10.0. The molecule has 8 heteroatoms. The number of halogens is 3. The summed E-state index contributed by atoms with van der Waals surface area (Å²) in [7, 11) is 1.77. The van der Waals surface area contributed by atoms with Gasteiger partial charge in [-0.3, -0.25) is 9.59 Å². The summed E-state index contributed by atoms with van der Waals surface area (Å²) in [4.78, 5) is 29.4. The molecule has 200 valence electrons. The number of piperidine rings is 1. The van der Waals surface area contributed by atoms with Crippen molar-refractivity contribution in [2.75, 3.05) is 26.7 Å². The number of likely N-dealkylation sites (tertiary alicyclic amines) is 1. The van der Waals surface area contributed by atoms with Crippen LogP contribution >= 0.6 is 11.6 Å². The van der Waals surface area contributed by atoms with Crippen LogP contribution in [-0.2, 0) is 11.3 Å². The van der Waals surface area contributed by atoms with Gasteiger partial charge in [-0.25, -0.2) is 8.78 Å². The molecule has 5 nitrogen and oxygen atoms in total. The lowest BCUT2D eigenvalue weighted by molar-refractivity contribution is -0.134. The monoisotopic (exact) mass is 540 g/mol. The Morgan fingerprint density at radius 1 is 1.00 bits per heavy atom. The van der Waals surface area contributed by atoms with Crippen LogP contribution in [0.4, 0.5) is 8.78 Å². The Hall–Kier alpha value is -3.45. The minimum Gasteiger partial charge on any atom is -0.493 e. The predicted molar refractivity (Wildman–Crippen MR) is 143 cm³/mol. The van der Waals surface area contributed by atoms with Gasteiger partial charge in [-0.2, -0.15) is 0 Å². The highest BCUT2D eigenvalue weighted by atomic mass is 35.5. The summed E-state index contributed by atoms with van der Waals surface area (Å²) in [5, 5.41) is 0.636. The van der Waals surface area contributed by atoms with E-state index in [0.29, 0.717) is 30.2 Å². The lowest BCUT2D eigenvalue weighted by atomic mass is 9.75. The van der Waals surface area contributed by atoms with Crippen LogP contribution in [0, 0.1) is 24.0 Å². The van der Waals surface area contributed by atoms with Crippen molar-refractivity contribution < 1.29 is 23.1 Å². The van der Waals surface area contributed by atoms with Crippen LogP contribution < -0.4 is 4.74 Å². The molecule has 1 heterocycles. The highest BCUT2D eigenvalue weighted by Gasteiger charge is 2.40. The SMILES string of the molecule is Cc1cc(OCC2(CC(=O)N(C)Cc3ccccc3)CCN(C(=O)c3c(F)cccc3F)CC2)ccc1Cl. The smallest absolute Gasteiger partial charge is 0.259 e. The number of ether oxygens (including phenoxy) is 1. The van der Waals surface area contributed by atoms with Crippen LogP contribution in [0.3, 0.4) is 0 Å². The van der Waals surface area contributed by atoms with Crippen molar-refractivity contribution in [2.24, 2.45) is 5.41 Å². The molecule has 4 rings (SSSR count). The zero-order valence-corrected chi connectivity index (χ0v) is 22.3. The van der Waals surface area contributed by atoms with Gasteiger partial charge in [0, 0.05) is 43.5 Å². The molecule has 1 saturated heterocycles. The third kappa shape index (κ3) is 6.51. The summed E-state index contributed by atoms with van der Waals surface area (Å²) >= 11 is 6.15. The van der Waals surface area contributed by atoms with Gasteiger partial charge in [0.25, 0.3) is 5.91 Å². The van der Waals surface area contributed by atoms with Crippen LogP contribution in [0.2, 0.25) is 5.02 Å². The first kappa shape index (κ1) is 27.6. The molecule has 1 aliphatic rings. The Bertz CT molecular complexity index is 1270. The van der Waals surface area contributed by atoms with Crippen LogP contribution in [0.5, 0.6) is 5.75 Å². The van der Waals surface area contributed by atoms with Gasteiger partial charge in [0.15, 0.2) is 0 Å². The summed E-state index contributed by atoms with van der Waals surface area (Å²) in [6, 6.07) is 18.5. The standard InChI is InChI=1S/C30H31ClF2N2O3/c1-21-17-23(11-12-24(21)31)38-20-30(18-27(36)34(2)19-22-7-4-3-5-8-22)13-15-35(16-14-30)29(37)28-25(32)9-6-10-26(28)33/h3-12,17H,13-16,18-20H2,1-2H3. The van der Waals surface area contributed by atoms with Gasteiger partial charge in [-0.15, -0.1) is 0 Å². The maximum atomic E-state index is 14.3. The third-order valence-corrected chi connectivity index (χ3v) is 7.60. The van der Waals surface area contributed by atoms with Gasteiger partial charge in [0.1, 0.15) is 22.9 Å². The molecule has 0 saturated carbocycles. The number of benzene rings is 3. The van der Waals surface area contributed by atoms with Crippen LogP contribution in [0.15, 0.2) is 66.7 Å². The number of amides is 2. The Labute approximate surface area is 227 Å². The fourth-order valence-electron chi connectivity index (χ4n) is 4.76. The quantitative estimate of drug-likeness (QED) is 0.338. The van der Waals surface area contributed by atoms with Crippen molar-refractivity contribution >= 4 is 23.4 Å². The average molecular weight is 541 g/mol. The van der Waals surface area contributed by atoms with Gasteiger partial charge >= 0.3 is 0 Å². The van der Waals surface area contributed by atoms with E-state index >= 15 is 0 Å². The van der Waals surface area contributed by atoms with E-state index in [9.17, 15) is 18.4 Å². The van der Waals surface area contributed by atoms with Crippen molar-refractivity contribution in [1.29, 1.82) is 0 Å². The highest BCUT2D eigenvalue weighted by Crippen LogP contribution is 2.37. The summed E-state index contributed by atoms with van der Waals surface area (Å²) in [5.74, 6) is -1.85. The first-order valence-electron chi connectivity index (χ1n) is 12.6. The predicted octanol–water partition coefficient (Wildman–Crippen LogP) is 6.28. The van der Waals surface area contributed by atoms with E-state index in [1.165, 1.54) is 11.0 Å². The Balaban J connectivity index is 1.49. The average Bonchev–Trinajstić information content (AvgIpc) is 2.90. The molecule has 0 atom stereocenters. The van der Waals surface area contributed by atoms with E-state index in [1.807, 2.05) is 43.3 Å². The zero-order chi connectivity index (χ0) is 27.3. The number of hydrogen-bond donors (Lipinski definition) is 0. The van der Waals surface area contributed by atoms with E-state index in [0.717, 1.165) is 23.3 Å². The van der Waals surface area contributed by atoms with Gasteiger partial charge in [0.05, 0.1) is 6.61 Å². The van der Waals surface area contributed by atoms with Crippen LogP contribution in [0.25, 0.3) is 0 Å². The Morgan fingerprint density at radius 3 is 2.29 bits per heavy atom. The van der Waals surface area contributed by atoms with E-state index in [2.05, 4.69) is 0 Å². The van der Waals surface area contributed by atoms with Crippen LogP contribution in [0.1, 0.15) is 40.7 Å². The highest BCUT2D eigenvalue weighted by molar-refractivity contribution is 6.31. The number of rotatable bonds is 8. The molecule has 38 heavy (non-hydrogen) atoms. The molecule has 0 spiro atoms. The van der Waals surface area contributed by atoms with E-state index in [-0.39, 0.29) is 32.0 Å². The molecule has 2 amide bonds. The van der Waals surface area contributed by atoms with Crippen LogP contribution in [-0.4, -0.2) is 48.4 Å². The first-order chi connectivity index (χ1) is 18.2. The van der Waals surface area contributed by atoms with E-state index in [1.54, 1.807) is 24.1 Å². The molecule has 0 aromatic heterocycles. The normalized spacial score (nSPS) is 14.7. The molecule has 0 N–H and O–H groups in total. The van der Waals surface area contributed by atoms with Gasteiger partial charge in [-0.05, 0) is 61.2 Å². The van der Waals surface area contributed by atoms with Crippen molar-refractivity contribution in [2.45, 2.75) is 32.7 Å². The van der Waals surface area contributed by atoms with Gasteiger partial charge in [0.2, 0.25) is 5.91 Å². The minimum absolute atomic E-state index is 0.0373. The molecule has 3 aromatic rings. The maximum Gasteiger partial charge on any atom is 0.259 e. The van der Waals surface area contributed by atoms with E-state index < -0.39 is 28.5 Å². The molecule has 1 aliphatic heterocycles. The number of carbonyl (C=O) groups excluding carboxylic acids is 2. The lowest BCUT2D eigenvalue weighted by Gasteiger charge is -2.42. The second-order valence-corrected chi connectivity index (χ2v) is 10.4. The summed E-state index contributed by atoms with van der Waals surface area (Å²) in [6.45, 7) is 3.13. The van der Waals surface area contributed by atoms with Crippen molar-refractivity contribution in [3.63, 3.8) is 0 Å². The van der Waals surface area contributed by atoms with Gasteiger partial charge < -0.3 is 14.5 Å². The number of hydrogen-bond acceptors (Lipinski definition) is 3. The summed E-state index contributed by atoms with van der Waals surface area (Å²) < 4.78 is 34.6. The second kappa shape index (κ2) is 11.9. The van der Waals surface area contributed by atoms with Gasteiger partial charge in [-0.1, -0.05) is 48.0 Å². The Morgan fingerprint density at radius 2 is 1.66 bits per heavy atom. The minimum atomic E-state index is -0.883. The molecule has 0 aliphatic carbocycles. The fraction of sp³-hybridized carbons (Fsp3) is 0.333. The molecule has 0 bridgehead atoms. The van der Waals surface area contributed by atoms with Crippen molar-refractivity contribution in [3.05, 3.63) is 100 Å². The number of nitrogens with zero attached hydrogens (tertiary/aromatic N) is 2. The largest absolute Gasteiger partial charge is 0.493 e. The zero-order valence-electron chi connectivity index (χ0n) is 21.6. The fourth-order valence-corrected chi connectivity index (χ4v) is 4.88. The topological polar surface area (TPSA) is 49.9 Å².